The largest absolute Gasteiger partial charge is 0.341 e. The first-order valence-corrected chi connectivity index (χ1v) is 8.30. The van der Waals surface area contributed by atoms with E-state index in [9.17, 15) is 4.79 Å². The fourth-order valence-electron chi connectivity index (χ4n) is 3.21. The van der Waals surface area contributed by atoms with Gasteiger partial charge in [0.2, 0.25) is 5.89 Å². The predicted molar refractivity (Wildman–Crippen MR) is 86.2 cm³/mol. The minimum absolute atomic E-state index is 0.137. The molecule has 1 aliphatic heterocycles. The van der Waals surface area contributed by atoms with Gasteiger partial charge in [-0.15, -0.1) is 0 Å². The van der Waals surface area contributed by atoms with Crippen LogP contribution in [0.4, 0.5) is 0 Å². The van der Waals surface area contributed by atoms with Gasteiger partial charge in [-0.2, -0.15) is 4.98 Å². The third kappa shape index (κ3) is 3.46. The second kappa shape index (κ2) is 6.56. The summed E-state index contributed by atoms with van der Waals surface area (Å²) >= 11 is 0. The van der Waals surface area contributed by atoms with Gasteiger partial charge in [-0.05, 0) is 44.7 Å². The molecule has 0 aliphatic carbocycles. The lowest BCUT2D eigenvalue weighted by molar-refractivity contribution is 0.0677. The summed E-state index contributed by atoms with van der Waals surface area (Å²) in [5, 5.41) is 3.97. The molecular weight excluding hydrogens is 292 g/mol. The Morgan fingerprint density at radius 2 is 2.13 bits per heavy atom. The number of nitrogens with zero attached hydrogens (tertiary/aromatic N) is 4. The van der Waals surface area contributed by atoms with Crippen LogP contribution in [0.1, 0.15) is 54.9 Å². The van der Waals surface area contributed by atoms with Gasteiger partial charge in [0.05, 0.1) is 0 Å². The molecular formula is C17H24N4O2. The zero-order valence-corrected chi connectivity index (χ0v) is 14.0. The Labute approximate surface area is 136 Å². The van der Waals surface area contributed by atoms with Crippen molar-refractivity contribution in [2.75, 3.05) is 13.1 Å². The third-order valence-corrected chi connectivity index (χ3v) is 4.50. The Hall–Kier alpha value is -2.11. The van der Waals surface area contributed by atoms with Crippen LogP contribution in [0.25, 0.3) is 0 Å². The number of amides is 1. The Morgan fingerprint density at radius 3 is 2.74 bits per heavy atom. The maximum absolute atomic E-state index is 12.7. The lowest BCUT2D eigenvalue weighted by atomic mass is 9.93. The zero-order chi connectivity index (χ0) is 16.4. The molecule has 0 unspecified atom stereocenters. The van der Waals surface area contributed by atoms with E-state index in [1.807, 2.05) is 34.7 Å². The van der Waals surface area contributed by atoms with E-state index in [2.05, 4.69) is 24.0 Å². The summed E-state index contributed by atoms with van der Waals surface area (Å²) in [7, 11) is 0. The minimum Gasteiger partial charge on any atom is -0.341 e. The number of likely N-dealkylation sites (tertiary alicyclic amines) is 1. The highest BCUT2D eigenvalue weighted by Crippen LogP contribution is 2.23. The molecule has 1 saturated heterocycles. The molecule has 0 radical (unpaired) electrons. The molecule has 1 amide bonds. The van der Waals surface area contributed by atoms with Gasteiger partial charge in [0.25, 0.3) is 5.91 Å². The first kappa shape index (κ1) is 15.8. The maximum Gasteiger partial charge on any atom is 0.270 e. The second-order valence-electron chi connectivity index (χ2n) is 6.56. The highest BCUT2D eigenvalue weighted by molar-refractivity contribution is 5.92. The number of carbonyl (C=O) groups excluding carboxylic acids is 1. The average molecular weight is 316 g/mol. The minimum atomic E-state index is 0.137. The lowest BCUT2D eigenvalue weighted by Crippen LogP contribution is -2.39. The van der Waals surface area contributed by atoms with Gasteiger partial charge in [-0.25, -0.2) is 0 Å². The first-order valence-electron chi connectivity index (χ1n) is 8.30. The van der Waals surface area contributed by atoms with Crippen molar-refractivity contribution in [3.8, 4) is 0 Å². The topological polar surface area (TPSA) is 64.2 Å². The van der Waals surface area contributed by atoms with Gasteiger partial charge in [0.1, 0.15) is 5.69 Å². The monoisotopic (exact) mass is 316 g/mol. The molecule has 0 saturated carbocycles. The molecule has 1 fully saturated rings. The average Bonchev–Trinajstić information content (AvgIpc) is 3.16. The van der Waals surface area contributed by atoms with Crippen LogP contribution in [0.3, 0.4) is 0 Å². The molecule has 124 valence electrons. The van der Waals surface area contributed by atoms with E-state index in [0.717, 1.165) is 43.9 Å². The molecule has 6 nitrogen and oxygen atoms in total. The van der Waals surface area contributed by atoms with Crippen molar-refractivity contribution in [3.05, 3.63) is 35.7 Å². The second-order valence-corrected chi connectivity index (χ2v) is 6.56. The molecule has 0 N–H and O–H groups in total. The molecule has 2 aromatic rings. The lowest BCUT2D eigenvalue weighted by Gasteiger charge is -2.32. The van der Waals surface area contributed by atoms with Crippen molar-refractivity contribution >= 4 is 5.91 Å². The Bertz CT molecular complexity index is 666. The molecule has 0 bridgehead atoms. The molecule has 6 heteroatoms. The number of hydrogen-bond donors (Lipinski definition) is 0. The molecule has 1 aliphatic rings. The highest BCUT2D eigenvalue weighted by Gasteiger charge is 2.26. The Balaban J connectivity index is 1.58. The van der Waals surface area contributed by atoms with Crippen LogP contribution in [0.5, 0.6) is 0 Å². The molecule has 0 aromatic carbocycles. The maximum atomic E-state index is 12.7. The van der Waals surface area contributed by atoms with Crippen molar-refractivity contribution in [3.63, 3.8) is 0 Å². The number of aromatic nitrogens is 3. The molecule has 23 heavy (non-hydrogen) atoms. The van der Waals surface area contributed by atoms with E-state index in [1.165, 1.54) is 0 Å². The van der Waals surface area contributed by atoms with Gasteiger partial charge in [0.15, 0.2) is 5.82 Å². The van der Waals surface area contributed by atoms with Gasteiger partial charge in [-0.3, -0.25) is 4.79 Å². The fourth-order valence-corrected chi connectivity index (χ4v) is 3.21. The number of hydrogen-bond acceptors (Lipinski definition) is 4. The van der Waals surface area contributed by atoms with Crippen LogP contribution in [0.15, 0.2) is 22.9 Å². The van der Waals surface area contributed by atoms with Crippen LogP contribution in [-0.2, 0) is 6.42 Å². The molecule has 0 atom stereocenters. The normalized spacial score (nSPS) is 16.3. The number of carbonyl (C=O) groups is 1. The standard InChI is InChI=1S/C17H24N4O2/c1-12(2)21-8-4-5-15(21)17(22)20-9-6-14(7-10-20)11-16-18-13(3)23-19-16/h4-5,8,12,14H,6-7,9-11H2,1-3H3. The summed E-state index contributed by atoms with van der Waals surface area (Å²) in [5.74, 6) is 2.05. The number of piperidine rings is 1. The van der Waals surface area contributed by atoms with Gasteiger partial charge in [0, 0.05) is 38.7 Å². The number of aryl methyl sites for hydroxylation is 1. The summed E-state index contributed by atoms with van der Waals surface area (Å²) in [6, 6.07) is 4.15. The van der Waals surface area contributed by atoms with Crippen molar-refractivity contribution in [2.45, 2.75) is 46.1 Å². The summed E-state index contributed by atoms with van der Waals surface area (Å²) in [6.07, 6.45) is 4.79. The Kier molecular flexibility index (Phi) is 4.50. The van der Waals surface area contributed by atoms with Crippen molar-refractivity contribution in [1.82, 2.24) is 19.6 Å². The van der Waals surface area contributed by atoms with E-state index in [0.29, 0.717) is 17.9 Å². The first-order chi connectivity index (χ1) is 11.0. The SMILES string of the molecule is Cc1nc(CC2CCN(C(=O)c3cccn3C(C)C)CC2)no1. The van der Waals surface area contributed by atoms with Gasteiger partial charge in [-0.1, -0.05) is 5.16 Å². The third-order valence-electron chi connectivity index (χ3n) is 4.50. The molecule has 2 aromatic heterocycles. The highest BCUT2D eigenvalue weighted by atomic mass is 16.5. The molecule has 3 rings (SSSR count). The smallest absolute Gasteiger partial charge is 0.270 e. The van der Waals surface area contributed by atoms with E-state index in [-0.39, 0.29) is 5.91 Å². The molecule has 3 heterocycles. The summed E-state index contributed by atoms with van der Waals surface area (Å²) in [5.41, 5.74) is 0.784. The van der Waals surface area contributed by atoms with Crippen LogP contribution in [0.2, 0.25) is 0 Å². The quantitative estimate of drug-likeness (QED) is 0.870. The van der Waals surface area contributed by atoms with E-state index >= 15 is 0 Å². The van der Waals surface area contributed by atoms with Gasteiger partial charge >= 0.3 is 0 Å². The van der Waals surface area contributed by atoms with Crippen molar-refractivity contribution in [1.29, 1.82) is 0 Å². The van der Waals surface area contributed by atoms with Crippen molar-refractivity contribution < 1.29 is 9.32 Å². The fraction of sp³-hybridized carbons (Fsp3) is 0.588. The molecule has 0 spiro atoms. The number of rotatable bonds is 4. The van der Waals surface area contributed by atoms with E-state index in [1.54, 1.807) is 0 Å². The Morgan fingerprint density at radius 1 is 1.39 bits per heavy atom. The van der Waals surface area contributed by atoms with Crippen molar-refractivity contribution in [2.24, 2.45) is 5.92 Å². The van der Waals surface area contributed by atoms with Gasteiger partial charge < -0.3 is 14.0 Å². The summed E-state index contributed by atoms with van der Waals surface area (Å²) in [4.78, 5) is 19.0. The predicted octanol–water partition coefficient (Wildman–Crippen LogP) is 2.86. The van der Waals surface area contributed by atoms with Crippen LogP contribution >= 0.6 is 0 Å². The van der Waals surface area contributed by atoms with Crippen LogP contribution in [0, 0.1) is 12.8 Å². The van der Waals surface area contributed by atoms with E-state index < -0.39 is 0 Å². The van der Waals surface area contributed by atoms with Crippen LogP contribution < -0.4 is 0 Å². The van der Waals surface area contributed by atoms with E-state index in [4.69, 9.17) is 4.52 Å². The zero-order valence-electron chi connectivity index (χ0n) is 14.0. The van der Waals surface area contributed by atoms with Crippen LogP contribution in [-0.4, -0.2) is 38.6 Å². The summed E-state index contributed by atoms with van der Waals surface area (Å²) in [6.45, 7) is 7.58. The summed E-state index contributed by atoms with van der Waals surface area (Å²) < 4.78 is 7.06.